The summed E-state index contributed by atoms with van der Waals surface area (Å²) in [5, 5.41) is 0. The third-order valence-electron chi connectivity index (χ3n) is 6.99. The van der Waals surface area contributed by atoms with Gasteiger partial charge in [0.25, 0.3) is 0 Å². The Morgan fingerprint density at radius 3 is 2.16 bits per heavy atom. The normalized spacial score (nSPS) is 11.7. The number of aromatic nitrogens is 1. The maximum Gasteiger partial charge on any atom is 0.311 e. The molecule has 0 fully saturated rings. The van der Waals surface area contributed by atoms with Crippen LogP contribution in [0.2, 0.25) is 0 Å². The van der Waals surface area contributed by atoms with Crippen molar-refractivity contribution >= 4 is 5.97 Å². The third-order valence-corrected chi connectivity index (χ3v) is 6.99. The molecular weight excluding hydrogens is 536 g/mol. The SMILES string of the molecule is C=C(CN(Cc1cc(C)c(CC(C)(C)C(=O)OCC)c(C)c1)Cc1nc(-c2cccc(C)c2)oc1C)OC(C)(C)C.CC. The van der Waals surface area contributed by atoms with E-state index in [9.17, 15) is 4.79 Å². The Morgan fingerprint density at radius 2 is 1.60 bits per heavy atom. The molecule has 0 atom stereocenters. The summed E-state index contributed by atoms with van der Waals surface area (Å²) in [5.41, 5.74) is 6.81. The fourth-order valence-corrected chi connectivity index (χ4v) is 5.12. The minimum atomic E-state index is -0.597. The van der Waals surface area contributed by atoms with Gasteiger partial charge in [0.05, 0.1) is 24.3 Å². The van der Waals surface area contributed by atoms with E-state index in [-0.39, 0.29) is 11.6 Å². The van der Waals surface area contributed by atoms with Gasteiger partial charge in [-0.25, -0.2) is 4.98 Å². The number of hydrogen-bond acceptors (Lipinski definition) is 6. The Bertz CT molecular complexity index is 1350. The topological polar surface area (TPSA) is 64.8 Å². The predicted molar refractivity (Wildman–Crippen MR) is 177 cm³/mol. The maximum atomic E-state index is 12.6. The average molecular weight is 591 g/mol. The van der Waals surface area contributed by atoms with Crippen LogP contribution in [0.3, 0.4) is 0 Å². The van der Waals surface area contributed by atoms with Crippen LogP contribution in [-0.2, 0) is 33.8 Å². The second-order valence-electron chi connectivity index (χ2n) is 12.8. The van der Waals surface area contributed by atoms with Crippen molar-refractivity contribution in [1.82, 2.24) is 9.88 Å². The highest BCUT2D eigenvalue weighted by molar-refractivity contribution is 5.76. The van der Waals surface area contributed by atoms with Crippen LogP contribution in [-0.4, -0.2) is 34.6 Å². The van der Waals surface area contributed by atoms with Gasteiger partial charge in [-0.15, -0.1) is 0 Å². The van der Waals surface area contributed by atoms with Gasteiger partial charge in [-0.3, -0.25) is 9.69 Å². The molecule has 0 saturated carbocycles. The Labute approximate surface area is 260 Å². The Hall–Kier alpha value is -3.38. The molecule has 0 saturated heterocycles. The first-order valence-corrected chi connectivity index (χ1v) is 15.5. The first-order valence-electron chi connectivity index (χ1n) is 15.5. The zero-order valence-electron chi connectivity index (χ0n) is 28.7. The lowest BCUT2D eigenvalue weighted by molar-refractivity contribution is -0.153. The summed E-state index contributed by atoms with van der Waals surface area (Å²) < 4.78 is 17.5. The summed E-state index contributed by atoms with van der Waals surface area (Å²) in [6, 6.07) is 12.6. The monoisotopic (exact) mass is 590 g/mol. The number of esters is 1. The maximum absolute atomic E-state index is 12.6. The van der Waals surface area contributed by atoms with E-state index in [0.717, 1.165) is 22.6 Å². The van der Waals surface area contributed by atoms with Crippen LogP contribution in [0.1, 0.15) is 94.7 Å². The van der Waals surface area contributed by atoms with Crippen molar-refractivity contribution in [1.29, 1.82) is 0 Å². The van der Waals surface area contributed by atoms with Gasteiger partial charge in [0.1, 0.15) is 17.1 Å². The molecule has 2 aromatic carbocycles. The van der Waals surface area contributed by atoms with E-state index in [0.29, 0.717) is 44.3 Å². The van der Waals surface area contributed by atoms with Crippen molar-refractivity contribution in [3.05, 3.63) is 88.0 Å². The first kappa shape index (κ1) is 35.8. The van der Waals surface area contributed by atoms with Gasteiger partial charge in [0, 0.05) is 18.7 Å². The zero-order valence-corrected chi connectivity index (χ0v) is 28.7. The minimum absolute atomic E-state index is 0.167. The van der Waals surface area contributed by atoms with E-state index in [1.165, 1.54) is 22.3 Å². The van der Waals surface area contributed by atoms with Gasteiger partial charge in [-0.05, 0) is 110 Å². The molecule has 0 amide bonds. The molecule has 6 nitrogen and oxygen atoms in total. The number of oxazole rings is 1. The molecule has 0 N–H and O–H groups in total. The summed E-state index contributed by atoms with van der Waals surface area (Å²) >= 11 is 0. The molecule has 1 aromatic heterocycles. The number of ether oxygens (including phenoxy) is 2. The van der Waals surface area contributed by atoms with Gasteiger partial charge < -0.3 is 13.9 Å². The first-order chi connectivity index (χ1) is 20.1. The third kappa shape index (κ3) is 10.7. The molecule has 1 heterocycles. The van der Waals surface area contributed by atoms with Crippen molar-refractivity contribution in [2.24, 2.45) is 5.41 Å². The lowest BCUT2D eigenvalue weighted by atomic mass is 9.82. The van der Waals surface area contributed by atoms with Crippen molar-refractivity contribution in [3.8, 4) is 11.5 Å². The summed E-state index contributed by atoms with van der Waals surface area (Å²) in [5.74, 6) is 1.97. The molecule has 43 heavy (non-hydrogen) atoms. The Kier molecular flexibility index (Phi) is 12.8. The fraction of sp³-hybridized carbons (Fsp3) is 0.514. The molecular formula is C37H54N2O4. The van der Waals surface area contributed by atoms with Crippen LogP contribution in [0.4, 0.5) is 0 Å². The average Bonchev–Trinajstić information content (AvgIpc) is 3.26. The minimum Gasteiger partial charge on any atom is -0.492 e. The number of benzene rings is 2. The molecule has 0 aliphatic rings. The number of hydrogen-bond donors (Lipinski definition) is 0. The summed E-state index contributed by atoms with van der Waals surface area (Å²) in [4.78, 5) is 19.7. The number of carbonyl (C=O) groups is 1. The van der Waals surface area contributed by atoms with E-state index < -0.39 is 5.41 Å². The van der Waals surface area contributed by atoms with Gasteiger partial charge in [-0.2, -0.15) is 0 Å². The second-order valence-corrected chi connectivity index (χ2v) is 12.8. The van der Waals surface area contributed by atoms with Gasteiger partial charge in [-0.1, -0.05) is 50.3 Å². The zero-order chi connectivity index (χ0) is 32.5. The smallest absolute Gasteiger partial charge is 0.311 e. The van der Waals surface area contributed by atoms with Gasteiger partial charge >= 0.3 is 5.97 Å². The van der Waals surface area contributed by atoms with Gasteiger partial charge in [0.15, 0.2) is 0 Å². The lowest BCUT2D eigenvalue weighted by Gasteiger charge is -2.28. The molecule has 0 spiro atoms. The Morgan fingerprint density at radius 1 is 0.977 bits per heavy atom. The molecule has 3 aromatic rings. The van der Waals surface area contributed by atoms with E-state index in [2.05, 4.69) is 56.5 Å². The van der Waals surface area contributed by atoms with Crippen LogP contribution in [0.5, 0.6) is 0 Å². The number of rotatable bonds is 12. The number of aryl methyl sites for hydroxylation is 4. The summed E-state index contributed by atoms with van der Waals surface area (Å²) in [6.07, 6.45) is 0.629. The molecule has 0 aliphatic heterocycles. The summed E-state index contributed by atoms with van der Waals surface area (Å²) in [6.45, 7) is 30.5. The largest absolute Gasteiger partial charge is 0.492 e. The molecule has 3 rings (SSSR count). The molecule has 236 valence electrons. The van der Waals surface area contributed by atoms with Crippen molar-refractivity contribution in [2.75, 3.05) is 13.2 Å². The van der Waals surface area contributed by atoms with Crippen molar-refractivity contribution in [3.63, 3.8) is 0 Å². The van der Waals surface area contributed by atoms with Crippen LogP contribution >= 0.6 is 0 Å². The lowest BCUT2D eigenvalue weighted by Crippen LogP contribution is -2.30. The van der Waals surface area contributed by atoms with Crippen molar-refractivity contribution in [2.45, 2.75) is 108 Å². The van der Waals surface area contributed by atoms with E-state index in [1.54, 1.807) is 0 Å². The molecule has 0 bridgehead atoms. The molecule has 0 radical (unpaired) electrons. The van der Waals surface area contributed by atoms with Crippen LogP contribution < -0.4 is 0 Å². The quantitative estimate of drug-likeness (QED) is 0.155. The highest BCUT2D eigenvalue weighted by atomic mass is 16.5. The number of nitrogens with zero attached hydrogens (tertiary/aromatic N) is 2. The van der Waals surface area contributed by atoms with Crippen LogP contribution in [0.25, 0.3) is 11.5 Å². The van der Waals surface area contributed by atoms with Gasteiger partial charge in [0.2, 0.25) is 5.89 Å². The predicted octanol–water partition coefficient (Wildman–Crippen LogP) is 9.06. The van der Waals surface area contributed by atoms with E-state index >= 15 is 0 Å². The molecule has 6 heteroatoms. The number of carbonyl (C=O) groups excluding carboxylic acids is 1. The summed E-state index contributed by atoms with van der Waals surface area (Å²) in [7, 11) is 0. The highest BCUT2D eigenvalue weighted by Crippen LogP contribution is 2.30. The van der Waals surface area contributed by atoms with Crippen LogP contribution in [0, 0.1) is 33.1 Å². The molecule has 0 unspecified atom stereocenters. The van der Waals surface area contributed by atoms with Crippen molar-refractivity contribution < 1.29 is 18.7 Å². The van der Waals surface area contributed by atoms with Crippen LogP contribution in [0.15, 0.2) is 53.2 Å². The van der Waals surface area contributed by atoms with E-state index in [4.69, 9.17) is 18.9 Å². The van der Waals surface area contributed by atoms with E-state index in [1.807, 2.05) is 74.4 Å². The fourth-order valence-electron chi connectivity index (χ4n) is 5.12. The molecule has 0 aliphatic carbocycles. The Balaban J connectivity index is 0.00000316. The second kappa shape index (κ2) is 15.4. The highest BCUT2D eigenvalue weighted by Gasteiger charge is 2.31. The standard InChI is InChI=1S/C35H48N2O4.C2H6/c1-12-39-33(38)35(10,11)19-30-24(3)17-28(18-25(30)4)21-37(20-26(5)41-34(7,8)9)22-31-27(6)40-32(36-31)29-15-13-14-23(2)16-29;1-2/h13-18H,5,12,19-22H2,1-4,6-11H3;1-2H3.